The van der Waals surface area contributed by atoms with Gasteiger partial charge in [0.05, 0.1) is 17.2 Å². The summed E-state index contributed by atoms with van der Waals surface area (Å²) in [6.07, 6.45) is -0.806. The number of pyridine rings is 2. The molecule has 3 aliphatic rings. The minimum Gasteiger partial charge on any atom is -0.447 e. The Balaban J connectivity index is 0.00000289. The molecule has 5 rings (SSSR count). The van der Waals surface area contributed by atoms with Gasteiger partial charge in [0.15, 0.2) is 0 Å². The lowest BCUT2D eigenvalue weighted by Crippen LogP contribution is -2.49. The molecule has 0 aromatic carbocycles. The van der Waals surface area contributed by atoms with Gasteiger partial charge in [0, 0.05) is 38.6 Å². The largest absolute Gasteiger partial charge is 0.447 e. The summed E-state index contributed by atoms with van der Waals surface area (Å²) in [6.45, 7) is 3.94. The molecule has 8 nitrogen and oxygen atoms in total. The molecule has 1 aliphatic carbocycles. The van der Waals surface area contributed by atoms with Gasteiger partial charge in [-0.25, -0.2) is 14.8 Å². The van der Waals surface area contributed by atoms with Gasteiger partial charge in [-0.3, -0.25) is 9.69 Å². The Morgan fingerprint density at radius 3 is 2.34 bits per heavy atom. The fourth-order valence-corrected chi connectivity index (χ4v) is 4.38. The second-order valence-electron chi connectivity index (χ2n) is 8.89. The third-order valence-corrected chi connectivity index (χ3v) is 6.43. The lowest BCUT2D eigenvalue weighted by Gasteiger charge is -2.36. The number of halogens is 4. The molecule has 1 saturated carbocycles. The summed E-state index contributed by atoms with van der Waals surface area (Å²) < 4.78 is 44.5. The average Bonchev–Trinajstić information content (AvgIpc) is 3.62. The molecule has 2 aliphatic heterocycles. The molecule has 2 aromatic heterocycles. The van der Waals surface area contributed by atoms with E-state index in [1.54, 1.807) is 17.0 Å². The minimum atomic E-state index is -4.42. The molecule has 1 atom stereocenters. The van der Waals surface area contributed by atoms with Crippen LogP contribution >= 0.6 is 12.4 Å². The molecule has 0 radical (unpaired) electrons. The minimum absolute atomic E-state index is 0. The summed E-state index contributed by atoms with van der Waals surface area (Å²) in [7, 11) is 0. The summed E-state index contributed by atoms with van der Waals surface area (Å²) in [5.74, 6) is 0.945. The molecule has 2 amide bonds. The van der Waals surface area contributed by atoms with E-state index in [9.17, 15) is 22.8 Å². The van der Waals surface area contributed by atoms with E-state index < -0.39 is 17.8 Å². The van der Waals surface area contributed by atoms with Gasteiger partial charge in [-0.05, 0) is 49.4 Å². The number of amides is 2. The van der Waals surface area contributed by atoms with Crippen molar-refractivity contribution >= 4 is 36.0 Å². The molecule has 188 valence electrons. The van der Waals surface area contributed by atoms with Crippen molar-refractivity contribution in [3.8, 4) is 0 Å². The third-order valence-electron chi connectivity index (χ3n) is 6.43. The number of carbonyl (C=O) groups excluding carboxylic acids is 2. The highest BCUT2D eigenvalue weighted by atomic mass is 35.5. The van der Waals surface area contributed by atoms with E-state index in [1.807, 2.05) is 11.8 Å². The van der Waals surface area contributed by atoms with Gasteiger partial charge in [-0.1, -0.05) is 0 Å². The molecular formula is C23H25ClF3N5O3. The van der Waals surface area contributed by atoms with E-state index >= 15 is 0 Å². The predicted molar refractivity (Wildman–Crippen MR) is 124 cm³/mol. The molecule has 3 fully saturated rings. The molecule has 1 unspecified atom stereocenters. The number of hydrogen-bond acceptors (Lipinski definition) is 6. The third kappa shape index (κ3) is 5.00. The summed E-state index contributed by atoms with van der Waals surface area (Å²) in [4.78, 5) is 38.4. The standard InChI is InChI=1S/C23H24F3N5O3.ClH/c1-14-13-34-22(33)31(14)19-5-4-16(11-27-19)21(32)30-8-6-29(7-9-30)20-18(15-2-3-15)10-17(12-28-20)23(24,25)26;/h4-5,10-12,14-15H,2-3,6-9,13H2,1H3;1H. The summed E-state index contributed by atoms with van der Waals surface area (Å²) in [5.41, 5.74) is 0.326. The van der Waals surface area contributed by atoms with Crippen LogP contribution in [0.25, 0.3) is 0 Å². The molecule has 0 N–H and O–H groups in total. The Labute approximate surface area is 206 Å². The van der Waals surface area contributed by atoms with Crippen molar-refractivity contribution in [2.75, 3.05) is 42.6 Å². The zero-order chi connectivity index (χ0) is 24.0. The van der Waals surface area contributed by atoms with E-state index in [-0.39, 0.29) is 30.3 Å². The molecular weight excluding hydrogens is 487 g/mol. The number of carbonyl (C=O) groups is 2. The van der Waals surface area contributed by atoms with Gasteiger partial charge in [0.25, 0.3) is 5.91 Å². The average molecular weight is 512 g/mol. The zero-order valence-electron chi connectivity index (χ0n) is 19.0. The van der Waals surface area contributed by atoms with Crippen LogP contribution in [0.3, 0.4) is 0 Å². The van der Waals surface area contributed by atoms with Crippen molar-refractivity contribution in [1.82, 2.24) is 14.9 Å². The first-order valence-corrected chi connectivity index (χ1v) is 11.3. The Kier molecular flexibility index (Phi) is 6.81. The monoisotopic (exact) mass is 511 g/mol. The summed E-state index contributed by atoms with van der Waals surface area (Å²) in [6, 6.07) is 4.36. The van der Waals surface area contributed by atoms with Crippen LogP contribution in [0, 0.1) is 0 Å². The van der Waals surface area contributed by atoms with Crippen LogP contribution in [-0.2, 0) is 10.9 Å². The second-order valence-corrected chi connectivity index (χ2v) is 8.89. The van der Waals surface area contributed by atoms with E-state index in [0.29, 0.717) is 55.5 Å². The summed E-state index contributed by atoms with van der Waals surface area (Å²) in [5, 5.41) is 0. The Morgan fingerprint density at radius 1 is 1.09 bits per heavy atom. The number of hydrogen-bond donors (Lipinski definition) is 0. The summed E-state index contributed by atoms with van der Waals surface area (Å²) >= 11 is 0. The molecule has 12 heteroatoms. The van der Waals surface area contributed by atoms with Crippen molar-refractivity contribution < 1.29 is 27.5 Å². The van der Waals surface area contributed by atoms with Gasteiger partial charge in [0.2, 0.25) is 0 Å². The van der Waals surface area contributed by atoms with Crippen LogP contribution in [0.2, 0.25) is 0 Å². The van der Waals surface area contributed by atoms with E-state index in [1.165, 1.54) is 17.2 Å². The van der Waals surface area contributed by atoms with Crippen molar-refractivity contribution in [3.05, 3.63) is 47.3 Å². The quantitative estimate of drug-likeness (QED) is 0.615. The number of aromatic nitrogens is 2. The highest BCUT2D eigenvalue weighted by Crippen LogP contribution is 2.45. The molecule has 2 saturated heterocycles. The van der Waals surface area contributed by atoms with Crippen LogP contribution in [-0.4, -0.2) is 65.7 Å². The maximum Gasteiger partial charge on any atom is 0.417 e. The second kappa shape index (κ2) is 9.52. The predicted octanol–water partition coefficient (Wildman–Crippen LogP) is 4.10. The number of alkyl halides is 3. The maximum atomic E-state index is 13.1. The van der Waals surface area contributed by atoms with Crippen molar-refractivity contribution in [2.45, 2.75) is 37.9 Å². The van der Waals surface area contributed by atoms with E-state index in [0.717, 1.165) is 19.0 Å². The number of nitrogens with zero attached hydrogens (tertiary/aromatic N) is 5. The lowest BCUT2D eigenvalue weighted by molar-refractivity contribution is -0.137. The maximum absolute atomic E-state index is 13.1. The lowest BCUT2D eigenvalue weighted by atomic mass is 10.1. The van der Waals surface area contributed by atoms with Crippen LogP contribution in [0.5, 0.6) is 0 Å². The van der Waals surface area contributed by atoms with E-state index in [4.69, 9.17) is 4.74 Å². The highest BCUT2D eigenvalue weighted by molar-refractivity contribution is 5.95. The van der Waals surface area contributed by atoms with Crippen LogP contribution in [0.15, 0.2) is 30.6 Å². The number of anilines is 2. The Hall–Kier alpha value is -3.08. The van der Waals surface area contributed by atoms with Crippen molar-refractivity contribution in [2.24, 2.45) is 0 Å². The smallest absolute Gasteiger partial charge is 0.417 e. The van der Waals surface area contributed by atoms with Crippen molar-refractivity contribution in [3.63, 3.8) is 0 Å². The number of ether oxygens (including phenoxy) is 1. The fourth-order valence-electron chi connectivity index (χ4n) is 4.38. The topological polar surface area (TPSA) is 78.9 Å². The first-order valence-electron chi connectivity index (χ1n) is 11.3. The molecule has 4 heterocycles. The Morgan fingerprint density at radius 2 is 1.80 bits per heavy atom. The molecule has 0 spiro atoms. The van der Waals surface area contributed by atoms with Crippen molar-refractivity contribution in [1.29, 1.82) is 0 Å². The van der Waals surface area contributed by atoms with Gasteiger partial charge in [-0.15, -0.1) is 12.4 Å². The first kappa shape index (κ1) is 25.0. The van der Waals surface area contributed by atoms with Crippen LogP contribution in [0.4, 0.5) is 29.6 Å². The number of rotatable bonds is 4. The van der Waals surface area contributed by atoms with Crippen LogP contribution in [0.1, 0.15) is 47.2 Å². The number of piperazine rings is 1. The number of cyclic esters (lactones) is 1. The first-order chi connectivity index (χ1) is 16.2. The van der Waals surface area contributed by atoms with E-state index in [2.05, 4.69) is 9.97 Å². The van der Waals surface area contributed by atoms with Gasteiger partial charge in [-0.2, -0.15) is 13.2 Å². The van der Waals surface area contributed by atoms with Crippen LogP contribution < -0.4 is 9.80 Å². The highest BCUT2D eigenvalue weighted by Gasteiger charge is 2.36. The molecule has 2 aromatic rings. The zero-order valence-corrected chi connectivity index (χ0v) is 19.8. The molecule has 0 bridgehead atoms. The molecule has 35 heavy (non-hydrogen) atoms. The van der Waals surface area contributed by atoms with Gasteiger partial charge >= 0.3 is 12.3 Å². The SMILES string of the molecule is CC1COC(=O)N1c1ccc(C(=O)N2CCN(c3ncc(C(F)(F)F)cc3C3CC3)CC2)cn1.Cl. The fraction of sp³-hybridized carbons (Fsp3) is 0.478. The Bertz CT molecular complexity index is 1100. The van der Waals surface area contributed by atoms with Gasteiger partial charge in [0.1, 0.15) is 18.2 Å². The normalized spacial score (nSPS) is 20.5. The van der Waals surface area contributed by atoms with Gasteiger partial charge < -0.3 is 14.5 Å².